The van der Waals surface area contributed by atoms with E-state index in [-0.39, 0.29) is 17.3 Å². The molecule has 1 amide bonds. The molecule has 0 unspecified atom stereocenters. The average Bonchev–Trinajstić information content (AvgIpc) is 2.87. The van der Waals surface area contributed by atoms with Crippen LogP contribution < -0.4 is 10.2 Å². The van der Waals surface area contributed by atoms with E-state index in [0.717, 1.165) is 25.7 Å². The van der Waals surface area contributed by atoms with Gasteiger partial charge in [-0.05, 0) is 35.0 Å². The molecule has 0 bridgehead atoms. The van der Waals surface area contributed by atoms with Crippen LogP contribution in [0, 0.1) is 6.92 Å². The van der Waals surface area contributed by atoms with Gasteiger partial charge in [-0.15, -0.1) is 11.3 Å². The van der Waals surface area contributed by atoms with Crippen LogP contribution in [0.2, 0.25) is 0 Å². The lowest BCUT2D eigenvalue weighted by atomic mass is 10.4. The fraction of sp³-hybridized carbons (Fsp3) is 0.273. The Labute approximate surface area is 120 Å². The van der Waals surface area contributed by atoms with Crippen molar-refractivity contribution >= 4 is 44.5 Å². The molecule has 4 nitrogen and oxygen atoms in total. The quantitative estimate of drug-likeness (QED) is 0.923. The third kappa shape index (κ3) is 3.30. The summed E-state index contributed by atoms with van der Waals surface area (Å²) in [5.41, 5.74) is 0.819. The first-order chi connectivity index (χ1) is 8.56. The molecule has 1 N–H and O–H groups in total. The highest BCUT2D eigenvalue weighted by Crippen LogP contribution is 2.21. The van der Waals surface area contributed by atoms with Gasteiger partial charge >= 0.3 is 4.87 Å². The fourth-order valence-corrected chi connectivity index (χ4v) is 3.59. The Hall–Kier alpha value is -0.920. The van der Waals surface area contributed by atoms with Crippen molar-refractivity contribution in [3.8, 4) is 0 Å². The molecule has 0 aliphatic carbocycles. The Kier molecular flexibility index (Phi) is 4.36. The van der Waals surface area contributed by atoms with E-state index in [4.69, 9.17) is 0 Å². The Morgan fingerprint density at radius 2 is 2.28 bits per heavy atom. The molecule has 0 aliphatic heterocycles. The molecule has 0 fully saturated rings. The van der Waals surface area contributed by atoms with E-state index in [0.29, 0.717) is 6.54 Å². The SMILES string of the molecule is Cc1csc(=O)n1CC(=O)NCc1ccc(Br)s1. The lowest BCUT2D eigenvalue weighted by Gasteiger charge is -2.05. The second kappa shape index (κ2) is 5.81. The minimum absolute atomic E-state index is 0.0840. The number of rotatable bonds is 4. The molecular weight excluding hydrogens is 336 g/mol. The first-order valence-corrected chi connectivity index (χ1v) is 7.71. The first kappa shape index (κ1) is 13.5. The van der Waals surface area contributed by atoms with Crippen molar-refractivity contribution in [2.24, 2.45) is 0 Å². The Morgan fingerprint density at radius 3 is 2.83 bits per heavy atom. The zero-order valence-electron chi connectivity index (χ0n) is 9.60. The van der Waals surface area contributed by atoms with Crippen molar-refractivity contribution in [1.29, 1.82) is 0 Å². The number of aromatic nitrogens is 1. The third-order valence-corrected chi connectivity index (χ3v) is 4.87. The molecular formula is C11H11BrN2O2S2. The number of nitrogens with one attached hydrogen (secondary N) is 1. The Morgan fingerprint density at radius 1 is 1.50 bits per heavy atom. The number of nitrogens with zero attached hydrogens (tertiary/aromatic N) is 1. The van der Waals surface area contributed by atoms with Crippen LogP contribution in [0.5, 0.6) is 0 Å². The van der Waals surface area contributed by atoms with Crippen molar-refractivity contribution in [1.82, 2.24) is 9.88 Å². The largest absolute Gasteiger partial charge is 0.350 e. The summed E-state index contributed by atoms with van der Waals surface area (Å²) in [5.74, 6) is -0.150. The highest BCUT2D eigenvalue weighted by molar-refractivity contribution is 9.11. The summed E-state index contributed by atoms with van der Waals surface area (Å²) in [6.07, 6.45) is 0. The Bertz CT molecular complexity index is 615. The summed E-state index contributed by atoms with van der Waals surface area (Å²) < 4.78 is 2.52. The first-order valence-electron chi connectivity index (χ1n) is 5.22. The zero-order chi connectivity index (χ0) is 13.1. The van der Waals surface area contributed by atoms with Crippen molar-refractivity contribution in [3.05, 3.63) is 41.5 Å². The maximum absolute atomic E-state index is 11.7. The molecule has 18 heavy (non-hydrogen) atoms. The van der Waals surface area contributed by atoms with E-state index in [9.17, 15) is 9.59 Å². The van der Waals surface area contributed by atoms with Gasteiger partial charge < -0.3 is 5.32 Å². The lowest BCUT2D eigenvalue weighted by Crippen LogP contribution is -2.30. The zero-order valence-corrected chi connectivity index (χ0v) is 12.8. The van der Waals surface area contributed by atoms with Gasteiger partial charge in [0.2, 0.25) is 5.91 Å². The third-order valence-electron chi connectivity index (χ3n) is 2.37. The van der Waals surface area contributed by atoms with Gasteiger partial charge in [-0.1, -0.05) is 11.3 Å². The number of thiophene rings is 1. The van der Waals surface area contributed by atoms with Gasteiger partial charge in [0.15, 0.2) is 0 Å². The van der Waals surface area contributed by atoms with Crippen LogP contribution >= 0.6 is 38.6 Å². The second-order valence-electron chi connectivity index (χ2n) is 3.71. The molecule has 2 aromatic heterocycles. The van der Waals surface area contributed by atoms with Crippen molar-refractivity contribution in [3.63, 3.8) is 0 Å². The van der Waals surface area contributed by atoms with E-state index in [1.807, 2.05) is 19.1 Å². The van der Waals surface area contributed by atoms with Gasteiger partial charge in [-0.3, -0.25) is 14.2 Å². The van der Waals surface area contributed by atoms with Crippen molar-refractivity contribution in [2.75, 3.05) is 0 Å². The van der Waals surface area contributed by atoms with Crippen molar-refractivity contribution < 1.29 is 4.79 Å². The summed E-state index contributed by atoms with van der Waals surface area (Å²) >= 11 is 6.06. The maximum atomic E-state index is 11.7. The van der Waals surface area contributed by atoms with Crippen LogP contribution in [-0.2, 0) is 17.9 Å². The van der Waals surface area contributed by atoms with Gasteiger partial charge in [-0.2, -0.15) is 0 Å². The number of carbonyl (C=O) groups is 1. The minimum atomic E-state index is -0.150. The molecule has 0 radical (unpaired) electrons. The summed E-state index contributed by atoms with van der Waals surface area (Å²) in [7, 11) is 0. The summed E-state index contributed by atoms with van der Waals surface area (Å²) in [5, 5.41) is 4.56. The number of hydrogen-bond acceptors (Lipinski definition) is 4. The predicted molar refractivity (Wildman–Crippen MR) is 77.2 cm³/mol. The summed E-state index contributed by atoms with van der Waals surface area (Å²) in [4.78, 5) is 24.2. The molecule has 2 aromatic rings. The van der Waals surface area contributed by atoms with E-state index in [1.54, 1.807) is 16.7 Å². The van der Waals surface area contributed by atoms with E-state index in [1.165, 1.54) is 4.57 Å². The number of aryl methyl sites for hydroxylation is 1. The number of hydrogen-bond donors (Lipinski definition) is 1. The molecule has 0 atom stereocenters. The van der Waals surface area contributed by atoms with Crippen LogP contribution in [0.15, 0.2) is 26.1 Å². The molecule has 2 heterocycles. The summed E-state index contributed by atoms with van der Waals surface area (Å²) in [6, 6.07) is 3.90. The predicted octanol–water partition coefficient (Wildman–Crippen LogP) is 2.36. The van der Waals surface area contributed by atoms with Crippen LogP contribution in [-0.4, -0.2) is 10.5 Å². The van der Waals surface area contributed by atoms with Crippen LogP contribution in [0.1, 0.15) is 10.6 Å². The molecule has 7 heteroatoms. The van der Waals surface area contributed by atoms with Gasteiger partial charge in [-0.25, -0.2) is 0 Å². The average molecular weight is 347 g/mol. The second-order valence-corrected chi connectivity index (χ2v) is 7.08. The molecule has 0 aromatic carbocycles. The maximum Gasteiger partial charge on any atom is 0.307 e. The van der Waals surface area contributed by atoms with Crippen LogP contribution in [0.4, 0.5) is 0 Å². The van der Waals surface area contributed by atoms with Gasteiger partial charge in [0.05, 0.1) is 10.3 Å². The molecule has 96 valence electrons. The minimum Gasteiger partial charge on any atom is -0.350 e. The molecule has 0 spiro atoms. The topological polar surface area (TPSA) is 51.1 Å². The fourth-order valence-electron chi connectivity index (χ4n) is 1.43. The summed E-state index contributed by atoms with van der Waals surface area (Å²) in [6.45, 7) is 2.40. The monoisotopic (exact) mass is 346 g/mol. The van der Waals surface area contributed by atoms with E-state index >= 15 is 0 Å². The van der Waals surface area contributed by atoms with Crippen LogP contribution in [0.3, 0.4) is 0 Å². The molecule has 0 saturated carbocycles. The molecule has 2 rings (SSSR count). The van der Waals surface area contributed by atoms with Crippen molar-refractivity contribution in [2.45, 2.75) is 20.0 Å². The van der Waals surface area contributed by atoms with Gasteiger partial charge in [0.1, 0.15) is 6.54 Å². The Balaban J connectivity index is 1.92. The number of thiazole rings is 1. The standard InChI is InChI=1S/C11H11BrN2O2S2/c1-7-6-17-11(16)14(7)5-10(15)13-4-8-2-3-9(12)18-8/h2-3,6H,4-5H2,1H3,(H,13,15). The molecule has 0 aliphatic rings. The number of amides is 1. The molecule has 0 saturated heterocycles. The number of carbonyl (C=O) groups excluding carboxylic acids is 1. The van der Waals surface area contributed by atoms with Gasteiger partial charge in [0, 0.05) is 16.0 Å². The smallest absolute Gasteiger partial charge is 0.307 e. The normalized spacial score (nSPS) is 10.6. The highest BCUT2D eigenvalue weighted by Gasteiger charge is 2.08. The van der Waals surface area contributed by atoms with E-state index in [2.05, 4.69) is 21.2 Å². The van der Waals surface area contributed by atoms with Gasteiger partial charge in [0.25, 0.3) is 0 Å². The lowest BCUT2D eigenvalue weighted by molar-refractivity contribution is -0.121. The van der Waals surface area contributed by atoms with E-state index < -0.39 is 0 Å². The highest BCUT2D eigenvalue weighted by atomic mass is 79.9. The van der Waals surface area contributed by atoms with Crippen LogP contribution in [0.25, 0.3) is 0 Å². The number of halogens is 1.